The van der Waals surface area contributed by atoms with Crippen LogP contribution in [-0.2, 0) is 19.3 Å². The van der Waals surface area contributed by atoms with Crippen LogP contribution >= 0.6 is 0 Å². The molecule has 2 aromatic rings. The van der Waals surface area contributed by atoms with Gasteiger partial charge in [0.15, 0.2) is 0 Å². The smallest absolute Gasteiger partial charge is 0.0181 e. The Bertz CT molecular complexity index is 680. The molecule has 1 atom stereocenters. The highest BCUT2D eigenvalue weighted by Crippen LogP contribution is 2.32. The first kappa shape index (κ1) is 20.2. The van der Waals surface area contributed by atoms with E-state index in [-0.39, 0.29) is 0 Å². The molecular formula is C27H38. The van der Waals surface area contributed by atoms with Gasteiger partial charge in [-0.1, -0.05) is 101 Å². The van der Waals surface area contributed by atoms with E-state index in [0.29, 0.717) is 0 Å². The Hall–Kier alpha value is -1.56. The Morgan fingerprint density at radius 1 is 0.741 bits per heavy atom. The van der Waals surface area contributed by atoms with Crippen molar-refractivity contribution in [2.75, 3.05) is 0 Å². The maximum Gasteiger partial charge on any atom is -0.0181 e. The monoisotopic (exact) mass is 362 g/mol. The predicted octanol–water partition coefficient (Wildman–Crippen LogP) is 8.16. The van der Waals surface area contributed by atoms with E-state index in [1.165, 1.54) is 93.7 Å². The van der Waals surface area contributed by atoms with Crippen LogP contribution in [0.3, 0.4) is 0 Å². The van der Waals surface area contributed by atoms with Gasteiger partial charge in [-0.2, -0.15) is 0 Å². The standard InChI is InChI=1S/C27H38/c1-3-5-7-9-10-22-12-15-24(16-13-22)26-19-18-25-20-23(11-8-6-4-2)14-17-27(25)21-26/h12-13,15-16,18-19,21,23H,3-11,14,17,20H2,1-2H3. The number of aryl methyl sites for hydroxylation is 2. The van der Waals surface area contributed by atoms with Crippen molar-refractivity contribution < 1.29 is 0 Å². The highest BCUT2D eigenvalue weighted by Gasteiger charge is 2.18. The first-order chi connectivity index (χ1) is 13.3. The fourth-order valence-corrected chi connectivity index (χ4v) is 4.56. The van der Waals surface area contributed by atoms with Gasteiger partial charge in [-0.15, -0.1) is 0 Å². The molecule has 0 heterocycles. The topological polar surface area (TPSA) is 0 Å². The van der Waals surface area contributed by atoms with Crippen LogP contribution in [0.15, 0.2) is 42.5 Å². The summed E-state index contributed by atoms with van der Waals surface area (Å²) < 4.78 is 0. The van der Waals surface area contributed by atoms with Crippen LogP contribution in [0, 0.1) is 5.92 Å². The number of rotatable bonds is 10. The van der Waals surface area contributed by atoms with E-state index in [4.69, 9.17) is 0 Å². The summed E-state index contributed by atoms with van der Waals surface area (Å²) >= 11 is 0. The lowest BCUT2D eigenvalue weighted by molar-refractivity contribution is 0.408. The zero-order valence-electron chi connectivity index (χ0n) is 17.6. The highest BCUT2D eigenvalue weighted by atomic mass is 14.2. The Kier molecular flexibility index (Phi) is 7.99. The van der Waals surface area contributed by atoms with Crippen LogP contribution in [0.4, 0.5) is 0 Å². The summed E-state index contributed by atoms with van der Waals surface area (Å²) in [5.41, 5.74) is 7.47. The van der Waals surface area contributed by atoms with Crippen molar-refractivity contribution in [1.29, 1.82) is 0 Å². The molecule has 1 aliphatic rings. The van der Waals surface area contributed by atoms with Gasteiger partial charge in [-0.05, 0) is 65.8 Å². The van der Waals surface area contributed by atoms with E-state index in [2.05, 4.69) is 56.3 Å². The van der Waals surface area contributed by atoms with E-state index in [0.717, 1.165) is 5.92 Å². The van der Waals surface area contributed by atoms with E-state index in [1.54, 1.807) is 11.1 Å². The molecule has 3 rings (SSSR count). The molecule has 0 saturated carbocycles. The third kappa shape index (κ3) is 5.96. The summed E-state index contributed by atoms with van der Waals surface area (Å²) in [6.45, 7) is 4.58. The van der Waals surface area contributed by atoms with Crippen LogP contribution in [0.1, 0.15) is 88.3 Å². The first-order valence-corrected chi connectivity index (χ1v) is 11.5. The summed E-state index contributed by atoms with van der Waals surface area (Å²) in [6.07, 6.45) is 16.1. The van der Waals surface area contributed by atoms with Crippen LogP contribution in [0.25, 0.3) is 11.1 Å². The van der Waals surface area contributed by atoms with Gasteiger partial charge >= 0.3 is 0 Å². The molecule has 1 unspecified atom stereocenters. The van der Waals surface area contributed by atoms with Crippen molar-refractivity contribution in [2.24, 2.45) is 5.92 Å². The fourth-order valence-electron chi connectivity index (χ4n) is 4.56. The van der Waals surface area contributed by atoms with Crippen molar-refractivity contribution in [3.8, 4) is 11.1 Å². The van der Waals surface area contributed by atoms with E-state index >= 15 is 0 Å². The molecule has 0 nitrogen and oxygen atoms in total. The lowest BCUT2D eigenvalue weighted by atomic mass is 9.80. The zero-order chi connectivity index (χ0) is 18.9. The molecule has 0 bridgehead atoms. The van der Waals surface area contributed by atoms with Crippen molar-refractivity contribution in [3.05, 3.63) is 59.2 Å². The lowest BCUT2D eigenvalue weighted by Crippen LogP contribution is -2.14. The summed E-state index contributed by atoms with van der Waals surface area (Å²) in [7, 11) is 0. The Morgan fingerprint density at radius 2 is 1.48 bits per heavy atom. The zero-order valence-corrected chi connectivity index (χ0v) is 17.6. The molecule has 0 spiro atoms. The van der Waals surface area contributed by atoms with Crippen molar-refractivity contribution in [1.82, 2.24) is 0 Å². The third-order valence-corrected chi connectivity index (χ3v) is 6.36. The van der Waals surface area contributed by atoms with Crippen LogP contribution in [0.5, 0.6) is 0 Å². The first-order valence-electron chi connectivity index (χ1n) is 11.5. The second-order valence-corrected chi connectivity index (χ2v) is 8.60. The number of hydrogen-bond acceptors (Lipinski definition) is 0. The van der Waals surface area contributed by atoms with Crippen LogP contribution in [-0.4, -0.2) is 0 Å². The average molecular weight is 363 g/mol. The Morgan fingerprint density at radius 3 is 2.26 bits per heavy atom. The number of hydrogen-bond donors (Lipinski definition) is 0. The second-order valence-electron chi connectivity index (χ2n) is 8.60. The number of fused-ring (bicyclic) bond motifs is 1. The maximum atomic E-state index is 2.47. The summed E-state index contributed by atoms with van der Waals surface area (Å²) in [6, 6.07) is 16.6. The highest BCUT2D eigenvalue weighted by molar-refractivity contribution is 5.65. The molecule has 0 radical (unpaired) electrons. The maximum absolute atomic E-state index is 2.47. The van der Waals surface area contributed by atoms with Crippen molar-refractivity contribution in [2.45, 2.75) is 90.9 Å². The summed E-state index contributed by atoms with van der Waals surface area (Å²) in [5.74, 6) is 0.918. The third-order valence-electron chi connectivity index (χ3n) is 6.36. The molecular weight excluding hydrogens is 324 g/mol. The Labute approximate surface area is 167 Å². The SMILES string of the molecule is CCCCCCc1ccc(-c2ccc3c(c2)CCC(CCCCC)C3)cc1. The minimum atomic E-state index is 0.918. The van der Waals surface area contributed by atoms with Crippen LogP contribution < -0.4 is 0 Å². The van der Waals surface area contributed by atoms with E-state index < -0.39 is 0 Å². The van der Waals surface area contributed by atoms with Gasteiger partial charge in [0, 0.05) is 0 Å². The van der Waals surface area contributed by atoms with Gasteiger partial charge in [-0.25, -0.2) is 0 Å². The summed E-state index contributed by atoms with van der Waals surface area (Å²) in [5, 5.41) is 0. The molecule has 0 amide bonds. The van der Waals surface area contributed by atoms with Gasteiger partial charge in [0.25, 0.3) is 0 Å². The molecule has 146 valence electrons. The largest absolute Gasteiger partial charge is 0.0654 e. The van der Waals surface area contributed by atoms with Gasteiger partial charge in [0.05, 0.1) is 0 Å². The molecule has 0 N–H and O–H groups in total. The molecule has 0 aromatic heterocycles. The number of unbranched alkanes of at least 4 members (excludes halogenated alkanes) is 5. The normalized spacial score (nSPS) is 16.3. The van der Waals surface area contributed by atoms with Gasteiger partial charge in [-0.3, -0.25) is 0 Å². The van der Waals surface area contributed by atoms with Crippen molar-refractivity contribution >= 4 is 0 Å². The molecule has 0 saturated heterocycles. The van der Waals surface area contributed by atoms with Gasteiger partial charge < -0.3 is 0 Å². The van der Waals surface area contributed by atoms with Crippen LogP contribution in [0.2, 0.25) is 0 Å². The fraction of sp³-hybridized carbons (Fsp3) is 0.556. The minimum absolute atomic E-state index is 0.918. The lowest BCUT2D eigenvalue weighted by Gasteiger charge is -2.25. The minimum Gasteiger partial charge on any atom is -0.0654 e. The molecule has 0 aliphatic heterocycles. The summed E-state index contributed by atoms with van der Waals surface area (Å²) in [4.78, 5) is 0. The predicted molar refractivity (Wildman–Crippen MR) is 119 cm³/mol. The molecule has 27 heavy (non-hydrogen) atoms. The number of benzene rings is 2. The van der Waals surface area contributed by atoms with Gasteiger partial charge in [0.1, 0.15) is 0 Å². The Balaban J connectivity index is 1.59. The van der Waals surface area contributed by atoms with Crippen molar-refractivity contribution in [3.63, 3.8) is 0 Å². The van der Waals surface area contributed by atoms with Gasteiger partial charge in [0.2, 0.25) is 0 Å². The quantitative estimate of drug-likeness (QED) is 0.374. The molecule has 0 heteroatoms. The molecule has 1 aliphatic carbocycles. The molecule has 2 aromatic carbocycles. The second kappa shape index (κ2) is 10.7. The van der Waals surface area contributed by atoms with E-state index in [9.17, 15) is 0 Å². The molecule has 0 fully saturated rings. The van der Waals surface area contributed by atoms with E-state index in [1.807, 2.05) is 0 Å². The average Bonchev–Trinajstić information content (AvgIpc) is 2.71.